The van der Waals surface area contributed by atoms with E-state index in [-0.39, 0.29) is 24.2 Å². The summed E-state index contributed by atoms with van der Waals surface area (Å²) in [6.45, 7) is 2.92. The number of amides is 1. The van der Waals surface area contributed by atoms with Gasteiger partial charge in [0.2, 0.25) is 0 Å². The van der Waals surface area contributed by atoms with Crippen molar-refractivity contribution >= 4 is 18.3 Å². The molecule has 1 saturated heterocycles. The number of carbonyl (C=O) groups is 1. The second kappa shape index (κ2) is 7.69. The maximum absolute atomic E-state index is 12.8. The monoisotopic (exact) mass is 338 g/mol. The van der Waals surface area contributed by atoms with Gasteiger partial charge in [-0.25, -0.2) is 0 Å². The molecular weight excluding hydrogens is 321 g/mol. The summed E-state index contributed by atoms with van der Waals surface area (Å²) in [6, 6.07) is 4.87. The molecule has 4 nitrogen and oxygen atoms in total. The molecule has 1 heterocycles. The number of ether oxygens (including phenoxy) is 1. The average Bonchev–Trinajstić information content (AvgIpc) is 2.91. The smallest absolute Gasteiger partial charge is 0.419 e. The minimum atomic E-state index is -4.51. The molecule has 1 aliphatic rings. The zero-order valence-electron chi connectivity index (χ0n) is 11.9. The van der Waals surface area contributed by atoms with Crippen LogP contribution in [0.3, 0.4) is 0 Å². The highest BCUT2D eigenvalue weighted by molar-refractivity contribution is 5.85. The van der Waals surface area contributed by atoms with Crippen LogP contribution in [0.1, 0.15) is 18.9 Å². The Labute approximate surface area is 132 Å². The Morgan fingerprint density at radius 3 is 2.68 bits per heavy atom. The van der Waals surface area contributed by atoms with E-state index in [2.05, 4.69) is 10.6 Å². The first-order valence-electron chi connectivity index (χ1n) is 6.72. The third kappa shape index (κ3) is 4.78. The number of halogens is 4. The average molecular weight is 339 g/mol. The molecule has 1 aliphatic heterocycles. The second-order valence-electron chi connectivity index (χ2n) is 4.95. The highest BCUT2D eigenvalue weighted by Crippen LogP contribution is 2.36. The van der Waals surface area contributed by atoms with Gasteiger partial charge in [0.25, 0.3) is 5.91 Å². The standard InChI is InChI=1S/C14H17F3N2O2.ClH/c1-9(13(20)19-10-6-7-18-8-10)21-12-5-3-2-4-11(12)14(15,16)17;/h2-5,9-10,18H,6-8H2,1H3,(H,19,20);1H. The molecule has 2 N–H and O–H groups in total. The van der Waals surface area contributed by atoms with Crippen LogP contribution in [0.5, 0.6) is 5.75 Å². The molecule has 2 rings (SSSR count). The van der Waals surface area contributed by atoms with E-state index < -0.39 is 23.8 Å². The van der Waals surface area contributed by atoms with Gasteiger partial charge in [0.05, 0.1) is 5.56 Å². The Bertz CT molecular complexity index is 505. The van der Waals surface area contributed by atoms with Gasteiger partial charge >= 0.3 is 6.18 Å². The van der Waals surface area contributed by atoms with Gasteiger partial charge in [0.15, 0.2) is 6.10 Å². The van der Waals surface area contributed by atoms with E-state index >= 15 is 0 Å². The largest absolute Gasteiger partial charge is 0.480 e. The Morgan fingerprint density at radius 2 is 2.09 bits per heavy atom. The van der Waals surface area contributed by atoms with E-state index in [0.29, 0.717) is 6.54 Å². The lowest BCUT2D eigenvalue weighted by molar-refractivity contribution is -0.140. The molecule has 1 amide bonds. The van der Waals surface area contributed by atoms with Gasteiger partial charge in [0, 0.05) is 12.6 Å². The van der Waals surface area contributed by atoms with Crippen LogP contribution in [-0.4, -0.2) is 31.1 Å². The molecular formula is C14H18ClF3N2O2. The first-order valence-corrected chi connectivity index (χ1v) is 6.72. The summed E-state index contributed by atoms with van der Waals surface area (Å²) in [4.78, 5) is 11.9. The van der Waals surface area contributed by atoms with Gasteiger partial charge in [-0.05, 0) is 32.0 Å². The summed E-state index contributed by atoms with van der Waals surface area (Å²) < 4.78 is 43.7. The number of benzene rings is 1. The topological polar surface area (TPSA) is 50.4 Å². The second-order valence-corrected chi connectivity index (χ2v) is 4.95. The van der Waals surface area contributed by atoms with E-state index in [1.807, 2.05) is 0 Å². The number of rotatable bonds is 4. The highest BCUT2D eigenvalue weighted by atomic mass is 35.5. The molecule has 0 spiro atoms. The number of nitrogens with one attached hydrogen (secondary N) is 2. The Kier molecular flexibility index (Phi) is 6.49. The van der Waals surface area contributed by atoms with Crippen LogP contribution in [0.25, 0.3) is 0 Å². The van der Waals surface area contributed by atoms with Gasteiger partial charge in [-0.15, -0.1) is 12.4 Å². The van der Waals surface area contributed by atoms with E-state index in [4.69, 9.17) is 4.74 Å². The summed E-state index contributed by atoms with van der Waals surface area (Å²) >= 11 is 0. The lowest BCUT2D eigenvalue weighted by Gasteiger charge is -2.20. The summed E-state index contributed by atoms with van der Waals surface area (Å²) in [5, 5.41) is 5.84. The fraction of sp³-hybridized carbons (Fsp3) is 0.500. The van der Waals surface area contributed by atoms with E-state index in [1.54, 1.807) is 0 Å². The molecule has 0 aliphatic carbocycles. The Morgan fingerprint density at radius 1 is 1.41 bits per heavy atom. The SMILES string of the molecule is CC(Oc1ccccc1C(F)(F)F)C(=O)NC1CCNC1.Cl. The summed E-state index contributed by atoms with van der Waals surface area (Å²) in [7, 11) is 0. The summed E-state index contributed by atoms with van der Waals surface area (Å²) in [6.07, 6.45) is -4.70. The minimum absolute atomic E-state index is 0. The van der Waals surface area contributed by atoms with Gasteiger partial charge in [-0.3, -0.25) is 4.79 Å². The lowest BCUT2D eigenvalue weighted by atomic mass is 10.2. The van der Waals surface area contributed by atoms with Crippen molar-refractivity contribution in [1.82, 2.24) is 10.6 Å². The van der Waals surface area contributed by atoms with Crippen LogP contribution in [0.4, 0.5) is 13.2 Å². The Balaban J connectivity index is 0.00000242. The highest BCUT2D eigenvalue weighted by Gasteiger charge is 2.35. The molecule has 0 aromatic heterocycles. The molecule has 1 fully saturated rings. The predicted molar refractivity (Wildman–Crippen MR) is 78.2 cm³/mol. The molecule has 2 atom stereocenters. The molecule has 0 radical (unpaired) electrons. The van der Waals surface area contributed by atoms with Crippen LogP contribution in [-0.2, 0) is 11.0 Å². The minimum Gasteiger partial charge on any atom is -0.480 e. The van der Waals surface area contributed by atoms with Crippen molar-refractivity contribution in [2.45, 2.75) is 31.7 Å². The summed E-state index contributed by atoms with van der Waals surface area (Å²) in [5.41, 5.74) is -0.882. The van der Waals surface area contributed by atoms with Crippen LogP contribution >= 0.6 is 12.4 Å². The number of carbonyl (C=O) groups excluding carboxylic acids is 1. The van der Waals surface area contributed by atoms with Gasteiger partial charge in [-0.1, -0.05) is 12.1 Å². The van der Waals surface area contributed by atoms with E-state index in [0.717, 1.165) is 19.0 Å². The first-order chi connectivity index (χ1) is 9.88. The van der Waals surface area contributed by atoms with Crippen molar-refractivity contribution in [3.8, 4) is 5.75 Å². The van der Waals surface area contributed by atoms with E-state index in [1.165, 1.54) is 25.1 Å². The molecule has 2 unspecified atom stereocenters. The zero-order valence-corrected chi connectivity index (χ0v) is 12.8. The van der Waals surface area contributed by atoms with Gasteiger partial charge in [0.1, 0.15) is 5.75 Å². The van der Waals surface area contributed by atoms with Crippen LogP contribution in [0.2, 0.25) is 0 Å². The number of alkyl halides is 3. The molecule has 1 aromatic carbocycles. The predicted octanol–water partition coefficient (Wildman–Crippen LogP) is 2.37. The number of para-hydroxylation sites is 1. The van der Waals surface area contributed by atoms with Crippen molar-refractivity contribution in [2.24, 2.45) is 0 Å². The van der Waals surface area contributed by atoms with Crippen LogP contribution < -0.4 is 15.4 Å². The van der Waals surface area contributed by atoms with Crippen molar-refractivity contribution in [1.29, 1.82) is 0 Å². The third-order valence-electron chi connectivity index (χ3n) is 3.27. The van der Waals surface area contributed by atoms with E-state index in [9.17, 15) is 18.0 Å². The number of hydrogen-bond donors (Lipinski definition) is 2. The van der Waals surface area contributed by atoms with Crippen LogP contribution in [0, 0.1) is 0 Å². The zero-order chi connectivity index (χ0) is 15.5. The molecule has 8 heteroatoms. The van der Waals surface area contributed by atoms with Gasteiger partial charge in [-0.2, -0.15) is 13.2 Å². The van der Waals surface area contributed by atoms with Gasteiger partial charge < -0.3 is 15.4 Å². The quantitative estimate of drug-likeness (QED) is 0.886. The lowest BCUT2D eigenvalue weighted by Crippen LogP contribution is -2.43. The van der Waals surface area contributed by atoms with Crippen molar-refractivity contribution in [3.63, 3.8) is 0 Å². The maximum atomic E-state index is 12.8. The molecule has 1 aromatic rings. The van der Waals surface area contributed by atoms with Crippen molar-refractivity contribution < 1.29 is 22.7 Å². The third-order valence-corrected chi connectivity index (χ3v) is 3.27. The van der Waals surface area contributed by atoms with Crippen molar-refractivity contribution in [2.75, 3.05) is 13.1 Å². The molecule has 0 saturated carbocycles. The maximum Gasteiger partial charge on any atom is 0.419 e. The Hall–Kier alpha value is -1.47. The fourth-order valence-corrected chi connectivity index (χ4v) is 2.14. The summed E-state index contributed by atoms with van der Waals surface area (Å²) in [5.74, 6) is -0.752. The van der Waals surface area contributed by atoms with Crippen molar-refractivity contribution in [3.05, 3.63) is 29.8 Å². The molecule has 0 bridgehead atoms. The normalized spacial score (nSPS) is 19.2. The molecule has 124 valence electrons. The fourth-order valence-electron chi connectivity index (χ4n) is 2.14. The first kappa shape index (κ1) is 18.6. The number of hydrogen-bond acceptors (Lipinski definition) is 3. The van der Waals surface area contributed by atoms with Crippen LogP contribution in [0.15, 0.2) is 24.3 Å². The molecule has 22 heavy (non-hydrogen) atoms.